The van der Waals surface area contributed by atoms with Crippen LogP contribution >= 0.6 is 11.3 Å². The Morgan fingerprint density at radius 3 is 2.67 bits per heavy atom. The average Bonchev–Trinajstić information content (AvgIpc) is 3.29. The number of carbonyl (C=O) groups is 1. The van der Waals surface area contributed by atoms with Gasteiger partial charge in [0.2, 0.25) is 5.91 Å². The molecule has 2 aliphatic heterocycles. The SMILES string of the molecule is Cc1nc(CN2C(=O)CCC23CCN(CC2CCCC2)CC3)cs1. The largest absolute Gasteiger partial charge is 0.331 e. The van der Waals surface area contributed by atoms with E-state index in [0.717, 1.165) is 55.4 Å². The second-order valence-corrected chi connectivity index (χ2v) is 9.08. The summed E-state index contributed by atoms with van der Waals surface area (Å²) in [5, 5.41) is 3.21. The number of aryl methyl sites for hydroxylation is 1. The Balaban J connectivity index is 1.39. The highest BCUT2D eigenvalue weighted by Gasteiger charge is 2.47. The highest BCUT2D eigenvalue weighted by atomic mass is 32.1. The predicted octanol–water partition coefficient (Wildman–Crippen LogP) is 3.60. The molecule has 4 nitrogen and oxygen atoms in total. The van der Waals surface area contributed by atoms with Gasteiger partial charge in [0.05, 0.1) is 17.2 Å². The minimum atomic E-state index is 0.112. The summed E-state index contributed by atoms with van der Waals surface area (Å²) in [6.45, 7) is 6.37. The molecule has 3 aliphatic rings. The number of carbonyl (C=O) groups excluding carboxylic acids is 1. The minimum Gasteiger partial charge on any atom is -0.331 e. The molecule has 0 radical (unpaired) electrons. The summed E-state index contributed by atoms with van der Waals surface area (Å²) in [5.74, 6) is 1.27. The van der Waals surface area contributed by atoms with Crippen LogP contribution in [0.2, 0.25) is 0 Å². The zero-order valence-corrected chi connectivity index (χ0v) is 15.6. The van der Waals surface area contributed by atoms with Crippen LogP contribution in [0.4, 0.5) is 0 Å². The highest BCUT2D eigenvalue weighted by Crippen LogP contribution is 2.40. The van der Waals surface area contributed by atoms with Crippen LogP contribution in [0.25, 0.3) is 0 Å². The van der Waals surface area contributed by atoms with Crippen LogP contribution in [0, 0.1) is 12.8 Å². The quantitative estimate of drug-likeness (QED) is 0.835. The summed E-state index contributed by atoms with van der Waals surface area (Å²) in [6.07, 6.45) is 9.78. The molecule has 5 heteroatoms. The summed E-state index contributed by atoms with van der Waals surface area (Å²) in [7, 11) is 0. The van der Waals surface area contributed by atoms with Gasteiger partial charge in [-0.15, -0.1) is 11.3 Å². The molecule has 1 amide bonds. The molecule has 2 saturated heterocycles. The monoisotopic (exact) mass is 347 g/mol. The molecular formula is C19H29N3OS. The predicted molar refractivity (Wildman–Crippen MR) is 97.0 cm³/mol. The van der Waals surface area contributed by atoms with Crippen LogP contribution in [-0.4, -0.2) is 45.9 Å². The second-order valence-electron chi connectivity index (χ2n) is 8.01. The number of aromatic nitrogens is 1. The van der Waals surface area contributed by atoms with Gasteiger partial charge in [-0.2, -0.15) is 0 Å². The second kappa shape index (κ2) is 6.75. The molecule has 1 aromatic heterocycles. The van der Waals surface area contributed by atoms with Gasteiger partial charge in [0, 0.05) is 37.0 Å². The Morgan fingerprint density at radius 2 is 2.00 bits per heavy atom. The van der Waals surface area contributed by atoms with Crippen LogP contribution in [0.15, 0.2) is 5.38 Å². The Kier molecular flexibility index (Phi) is 4.65. The van der Waals surface area contributed by atoms with E-state index in [2.05, 4.69) is 20.2 Å². The van der Waals surface area contributed by atoms with Gasteiger partial charge in [-0.1, -0.05) is 12.8 Å². The van der Waals surface area contributed by atoms with E-state index in [-0.39, 0.29) is 5.54 Å². The summed E-state index contributed by atoms with van der Waals surface area (Å²) >= 11 is 1.68. The van der Waals surface area contributed by atoms with E-state index < -0.39 is 0 Å². The van der Waals surface area contributed by atoms with Crippen molar-refractivity contribution in [2.75, 3.05) is 19.6 Å². The molecule has 1 spiro atoms. The van der Waals surface area contributed by atoms with Crippen molar-refractivity contribution in [2.45, 2.75) is 70.4 Å². The Labute approximate surface area is 149 Å². The Morgan fingerprint density at radius 1 is 1.25 bits per heavy atom. The molecule has 3 heterocycles. The standard InChI is InChI=1S/C19H29N3OS/c1-15-20-17(14-24-15)13-22-18(23)6-7-19(22)8-10-21(11-9-19)12-16-4-2-3-5-16/h14,16H,2-13H2,1H3. The zero-order valence-electron chi connectivity index (χ0n) is 14.8. The number of piperidine rings is 1. The van der Waals surface area contributed by atoms with Gasteiger partial charge in [-0.3, -0.25) is 4.79 Å². The summed E-state index contributed by atoms with van der Waals surface area (Å²) < 4.78 is 0. The van der Waals surface area contributed by atoms with Gasteiger partial charge in [0.15, 0.2) is 0 Å². The van der Waals surface area contributed by atoms with Gasteiger partial charge < -0.3 is 9.80 Å². The van der Waals surface area contributed by atoms with E-state index in [1.807, 2.05) is 6.92 Å². The number of nitrogens with zero attached hydrogens (tertiary/aromatic N) is 3. The molecule has 0 N–H and O–H groups in total. The molecule has 0 unspecified atom stereocenters. The van der Waals surface area contributed by atoms with Gasteiger partial charge >= 0.3 is 0 Å². The van der Waals surface area contributed by atoms with E-state index in [0.29, 0.717) is 12.5 Å². The molecule has 132 valence electrons. The van der Waals surface area contributed by atoms with E-state index in [1.165, 1.54) is 32.2 Å². The van der Waals surface area contributed by atoms with Crippen LogP contribution in [0.5, 0.6) is 0 Å². The fourth-order valence-electron chi connectivity index (χ4n) is 5.00. The van der Waals surface area contributed by atoms with E-state index in [4.69, 9.17) is 0 Å². The van der Waals surface area contributed by atoms with Gasteiger partial charge in [-0.05, 0) is 44.9 Å². The number of likely N-dealkylation sites (tertiary alicyclic amines) is 2. The van der Waals surface area contributed by atoms with Crippen LogP contribution in [-0.2, 0) is 11.3 Å². The fraction of sp³-hybridized carbons (Fsp3) is 0.789. The topological polar surface area (TPSA) is 36.4 Å². The zero-order chi connectivity index (χ0) is 16.6. The number of hydrogen-bond donors (Lipinski definition) is 0. The highest BCUT2D eigenvalue weighted by molar-refractivity contribution is 7.09. The van der Waals surface area contributed by atoms with E-state index >= 15 is 0 Å². The molecule has 4 rings (SSSR count). The molecule has 0 bridgehead atoms. The number of amides is 1. The maximum Gasteiger partial charge on any atom is 0.223 e. The van der Waals surface area contributed by atoms with Crippen molar-refractivity contribution in [3.05, 3.63) is 16.1 Å². The molecule has 1 saturated carbocycles. The van der Waals surface area contributed by atoms with Crippen LogP contribution < -0.4 is 0 Å². The first-order valence-corrected chi connectivity index (χ1v) is 10.5. The third-order valence-electron chi connectivity index (χ3n) is 6.44. The third-order valence-corrected chi connectivity index (χ3v) is 7.26. The first kappa shape index (κ1) is 16.5. The lowest BCUT2D eigenvalue weighted by Gasteiger charge is -2.45. The molecular weight excluding hydrogens is 318 g/mol. The van der Waals surface area contributed by atoms with Crippen molar-refractivity contribution < 1.29 is 4.79 Å². The summed E-state index contributed by atoms with van der Waals surface area (Å²) in [6, 6.07) is 0. The molecule has 3 fully saturated rings. The summed E-state index contributed by atoms with van der Waals surface area (Å²) in [4.78, 5) is 21.9. The van der Waals surface area contributed by atoms with Crippen molar-refractivity contribution in [2.24, 2.45) is 5.92 Å². The maximum absolute atomic E-state index is 12.5. The van der Waals surface area contributed by atoms with Crippen molar-refractivity contribution in [1.82, 2.24) is 14.8 Å². The molecule has 1 aliphatic carbocycles. The third kappa shape index (κ3) is 3.25. The van der Waals surface area contributed by atoms with E-state index in [9.17, 15) is 4.79 Å². The molecule has 1 aromatic rings. The maximum atomic E-state index is 12.5. The first-order valence-electron chi connectivity index (χ1n) is 9.58. The average molecular weight is 348 g/mol. The molecule has 0 atom stereocenters. The van der Waals surface area contributed by atoms with E-state index in [1.54, 1.807) is 11.3 Å². The van der Waals surface area contributed by atoms with Crippen molar-refractivity contribution in [3.8, 4) is 0 Å². The number of rotatable bonds is 4. The molecule has 24 heavy (non-hydrogen) atoms. The lowest BCUT2D eigenvalue weighted by atomic mass is 9.84. The van der Waals surface area contributed by atoms with Crippen LogP contribution in [0.1, 0.15) is 62.1 Å². The minimum absolute atomic E-state index is 0.112. The van der Waals surface area contributed by atoms with Gasteiger partial charge in [0.1, 0.15) is 0 Å². The normalized spacial score (nSPS) is 25.2. The first-order chi connectivity index (χ1) is 11.6. The van der Waals surface area contributed by atoms with Crippen molar-refractivity contribution >= 4 is 17.2 Å². The lowest BCUT2D eigenvalue weighted by molar-refractivity contribution is -0.133. The van der Waals surface area contributed by atoms with Crippen molar-refractivity contribution in [1.29, 1.82) is 0 Å². The number of thiazole rings is 1. The molecule has 0 aromatic carbocycles. The summed E-state index contributed by atoms with van der Waals surface area (Å²) in [5.41, 5.74) is 1.18. The van der Waals surface area contributed by atoms with Crippen molar-refractivity contribution in [3.63, 3.8) is 0 Å². The Hall–Kier alpha value is -0.940. The fourth-order valence-corrected chi connectivity index (χ4v) is 5.61. The van der Waals surface area contributed by atoms with Gasteiger partial charge in [0.25, 0.3) is 0 Å². The lowest BCUT2D eigenvalue weighted by Crippen LogP contribution is -2.53. The number of hydrogen-bond acceptors (Lipinski definition) is 4. The Bertz CT molecular complexity index is 585. The van der Waals surface area contributed by atoms with Gasteiger partial charge in [-0.25, -0.2) is 4.98 Å². The van der Waals surface area contributed by atoms with Crippen LogP contribution in [0.3, 0.4) is 0 Å². The smallest absolute Gasteiger partial charge is 0.223 e.